The SMILES string of the molecule is C=C(C)CC[C@@H](CC)[C@@H]1C(C(=O)OCC)=C(C)N=C(C)C1C(=O)OC. The molecule has 0 fully saturated rings. The van der Waals surface area contributed by atoms with Crippen molar-refractivity contribution in [2.24, 2.45) is 22.7 Å². The molecule has 0 bridgehead atoms. The van der Waals surface area contributed by atoms with Gasteiger partial charge in [-0.2, -0.15) is 0 Å². The van der Waals surface area contributed by atoms with Crippen LogP contribution in [-0.4, -0.2) is 31.4 Å². The van der Waals surface area contributed by atoms with Crippen LogP contribution < -0.4 is 0 Å². The van der Waals surface area contributed by atoms with Crippen LogP contribution in [-0.2, 0) is 19.1 Å². The molecule has 1 aliphatic heterocycles. The van der Waals surface area contributed by atoms with Gasteiger partial charge in [0.1, 0.15) is 5.92 Å². The smallest absolute Gasteiger partial charge is 0.336 e. The molecule has 0 aliphatic carbocycles. The number of ether oxygens (including phenoxy) is 2. The van der Waals surface area contributed by atoms with E-state index in [2.05, 4.69) is 18.5 Å². The first-order chi connectivity index (χ1) is 11.8. The van der Waals surface area contributed by atoms with Crippen molar-refractivity contribution < 1.29 is 19.1 Å². The van der Waals surface area contributed by atoms with Gasteiger partial charge in [-0.1, -0.05) is 18.9 Å². The van der Waals surface area contributed by atoms with Crippen molar-refractivity contribution in [3.63, 3.8) is 0 Å². The zero-order valence-electron chi connectivity index (χ0n) is 16.3. The lowest BCUT2D eigenvalue weighted by molar-refractivity contribution is -0.145. The third kappa shape index (κ3) is 5.03. The standard InChI is InChI=1S/C20H31NO4/c1-8-15(11-10-12(3)4)18-16(19(22)24-7)13(5)21-14(6)17(18)20(23)25-9-2/h15-16,18H,3,8-11H2,1-2,4-7H3/t15-,16?,18+/m1/s1. The van der Waals surface area contributed by atoms with E-state index < -0.39 is 5.92 Å². The number of methoxy groups -OCH3 is 1. The molecule has 25 heavy (non-hydrogen) atoms. The fourth-order valence-electron chi connectivity index (χ4n) is 3.58. The highest BCUT2D eigenvalue weighted by molar-refractivity contribution is 6.05. The monoisotopic (exact) mass is 349 g/mol. The predicted octanol–water partition coefficient (Wildman–Crippen LogP) is 4.09. The van der Waals surface area contributed by atoms with Crippen LogP contribution in [0, 0.1) is 17.8 Å². The van der Waals surface area contributed by atoms with Gasteiger partial charge in [0, 0.05) is 17.3 Å². The zero-order valence-corrected chi connectivity index (χ0v) is 16.3. The Morgan fingerprint density at radius 2 is 1.92 bits per heavy atom. The molecule has 1 heterocycles. The summed E-state index contributed by atoms with van der Waals surface area (Å²) in [4.78, 5) is 29.6. The molecular weight excluding hydrogens is 318 g/mol. The van der Waals surface area contributed by atoms with Crippen molar-refractivity contribution in [3.05, 3.63) is 23.4 Å². The van der Waals surface area contributed by atoms with Crippen molar-refractivity contribution in [1.29, 1.82) is 0 Å². The van der Waals surface area contributed by atoms with Gasteiger partial charge in [-0.25, -0.2) is 4.79 Å². The fourth-order valence-corrected chi connectivity index (χ4v) is 3.58. The van der Waals surface area contributed by atoms with E-state index in [0.717, 1.165) is 24.8 Å². The van der Waals surface area contributed by atoms with Crippen LogP contribution in [0.25, 0.3) is 0 Å². The Morgan fingerprint density at radius 3 is 2.40 bits per heavy atom. The van der Waals surface area contributed by atoms with Crippen LogP contribution >= 0.6 is 0 Å². The highest BCUT2D eigenvalue weighted by Gasteiger charge is 2.44. The molecule has 1 aliphatic rings. The average Bonchev–Trinajstić information content (AvgIpc) is 2.54. The third-order valence-electron chi connectivity index (χ3n) is 4.80. The van der Waals surface area contributed by atoms with Gasteiger partial charge in [0.05, 0.1) is 19.3 Å². The zero-order chi connectivity index (χ0) is 19.1. The maximum Gasteiger partial charge on any atom is 0.336 e. The summed E-state index contributed by atoms with van der Waals surface area (Å²) in [7, 11) is 1.37. The lowest BCUT2D eigenvalue weighted by Gasteiger charge is -2.36. The first kappa shape index (κ1) is 21.1. The van der Waals surface area contributed by atoms with E-state index in [-0.39, 0.29) is 30.4 Å². The molecule has 140 valence electrons. The summed E-state index contributed by atoms with van der Waals surface area (Å²) >= 11 is 0. The van der Waals surface area contributed by atoms with E-state index in [9.17, 15) is 9.59 Å². The summed E-state index contributed by atoms with van der Waals surface area (Å²) in [6.07, 6.45) is 2.55. The van der Waals surface area contributed by atoms with E-state index in [1.54, 1.807) is 6.92 Å². The van der Waals surface area contributed by atoms with Gasteiger partial charge in [-0.15, -0.1) is 6.58 Å². The molecule has 5 heteroatoms. The molecular formula is C20H31NO4. The molecule has 0 saturated heterocycles. The molecule has 1 rings (SSSR count). The summed E-state index contributed by atoms with van der Waals surface area (Å²) in [5, 5.41) is 0. The lowest BCUT2D eigenvalue weighted by atomic mass is 9.70. The largest absolute Gasteiger partial charge is 0.468 e. The highest BCUT2D eigenvalue weighted by Crippen LogP contribution is 2.41. The minimum Gasteiger partial charge on any atom is -0.468 e. The Balaban J connectivity index is 3.40. The Hall–Kier alpha value is -1.91. The van der Waals surface area contributed by atoms with Gasteiger partial charge in [0.2, 0.25) is 0 Å². The maximum atomic E-state index is 12.6. The molecule has 1 unspecified atom stereocenters. The summed E-state index contributed by atoms with van der Waals surface area (Å²) in [5.74, 6) is -1.43. The second-order valence-corrected chi connectivity index (χ2v) is 6.66. The topological polar surface area (TPSA) is 65.0 Å². The number of carbonyl (C=O) groups is 2. The van der Waals surface area contributed by atoms with E-state index in [4.69, 9.17) is 9.47 Å². The number of nitrogens with zero attached hydrogens (tertiary/aromatic N) is 1. The second kappa shape index (κ2) is 9.54. The molecule has 0 N–H and O–H groups in total. The molecule has 5 nitrogen and oxygen atoms in total. The van der Waals surface area contributed by atoms with Crippen LogP contribution in [0.4, 0.5) is 0 Å². The number of esters is 2. The Labute approximate surface area is 151 Å². The lowest BCUT2D eigenvalue weighted by Crippen LogP contribution is -2.41. The van der Waals surface area contributed by atoms with Crippen molar-refractivity contribution >= 4 is 17.7 Å². The summed E-state index contributed by atoms with van der Waals surface area (Å²) < 4.78 is 10.3. The first-order valence-electron chi connectivity index (χ1n) is 8.93. The minimum absolute atomic E-state index is 0.139. The molecule has 0 aromatic carbocycles. The number of rotatable bonds is 8. The predicted molar refractivity (Wildman–Crippen MR) is 99.3 cm³/mol. The Bertz CT molecular complexity index is 589. The van der Waals surface area contributed by atoms with E-state index >= 15 is 0 Å². The number of hydrogen-bond acceptors (Lipinski definition) is 5. The van der Waals surface area contributed by atoms with Crippen molar-refractivity contribution in [2.45, 2.75) is 53.9 Å². The molecule has 0 aromatic heterocycles. The van der Waals surface area contributed by atoms with Gasteiger partial charge < -0.3 is 9.47 Å². The van der Waals surface area contributed by atoms with Crippen molar-refractivity contribution in [3.8, 4) is 0 Å². The second-order valence-electron chi connectivity index (χ2n) is 6.66. The van der Waals surface area contributed by atoms with Crippen LogP contribution in [0.3, 0.4) is 0 Å². The molecule has 3 atom stereocenters. The van der Waals surface area contributed by atoms with Gasteiger partial charge >= 0.3 is 11.9 Å². The normalized spacial score (nSPS) is 21.4. The molecule has 0 amide bonds. The van der Waals surface area contributed by atoms with E-state index in [0.29, 0.717) is 17.0 Å². The minimum atomic E-state index is -0.553. The molecule has 0 radical (unpaired) electrons. The number of aliphatic imine (C=N–C) groups is 1. The van der Waals surface area contributed by atoms with Crippen LogP contribution in [0.15, 0.2) is 28.4 Å². The average molecular weight is 349 g/mol. The highest BCUT2D eigenvalue weighted by atomic mass is 16.5. The van der Waals surface area contributed by atoms with E-state index in [1.807, 2.05) is 20.8 Å². The third-order valence-corrected chi connectivity index (χ3v) is 4.80. The van der Waals surface area contributed by atoms with Crippen LogP contribution in [0.5, 0.6) is 0 Å². The summed E-state index contributed by atoms with van der Waals surface area (Å²) in [6, 6.07) is 0. The summed E-state index contributed by atoms with van der Waals surface area (Å²) in [5.41, 5.74) is 2.93. The van der Waals surface area contributed by atoms with E-state index in [1.165, 1.54) is 7.11 Å². The Kier molecular flexibility index (Phi) is 8.07. The van der Waals surface area contributed by atoms with Crippen LogP contribution in [0.1, 0.15) is 53.9 Å². The number of allylic oxidation sites excluding steroid dienone is 2. The van der Waals surface area contributed by atoms with Gasteiger partial charge in [-0.05, 0) is 46.5 Å². The summed E-state index contributed by atoms with van der Waals surface area (Å²) in [6.45, 7) is 13.7. The number of hydrogen-bond donors (Lipinski definition) is 0. The number of carbonyl (C=O) groups excluding carboxylic acids is 2. The maximum absolute atomic E-state index is 12.6. The molecule has 0 saturated carbocycles. The Morgan fingerprint density at radius 1 is 1.28 bits per heavy atom. The molecule has 0 aromatic rings. The van der Waals surface area contributed by atoms with Gasteiger partial charge in [0.25, 0.3) is 0 Å². The van der Waals surface area contributed by atoms with Gasteiger partial charge in [-0.3, -0.25) is 9.79 Å². The van der Waals surface area contributed by atoms with Gasteiger partial charge in [0.15, 0.2) is 0 Å². The van der Waals surface area contributed by atoms with Crippen molar-refractivity contribution in [2.75, 3.05) is 13.7 Å². The van der Waals surface area contributed by atoms with Crippen molar-refractivity contribution in [1.82, 2.24) is 0 Å². The van der Waals surface area contributed by atoms with Crippen LogP contribution in [0.2, 0.25) is 0 Å². The fraction of sp³-hybridized carbons (Fsp3) is 0.650. The molecule has 0 spiro atoms. The quantitative estimate of drug-likeness (QED) is 0.489. The first-order valence-corrected chi connectivity index (χ1v) is 8.93.